The number of hydrogen-bond acceptors (Lipinski definition) is 5. The molecule has 0 aliphatic carbocycles. The predicted octanol–water partition coefficient (Wildman–Crippen LogP) is 2.25. The molecule has 0 aliphatic rings. The summed E-state index contributed by atoms with van der Waals surface area (Å²) in [6.07, 6.45) is 4.19. The summed E-state index contributed by atoms with van der Waals surface area (Å²) in [5.74, 6) is -3.98. The largest absolute Gasteiger partial charge is 0.482 e. The van der Waals surface area contributed by atoms with E-state index in [2.05, 4.69) is 15.3 Å². The van der Waals surface area contributed by atoms with Crippen LogP contribution in [-0.2, 0) is 17.9 Å². The molecule has 0 bridgehead atoms. The average molecular weight is 392 g/mol. The van der Waals surface area contributed by atoms with Gasteiger partial charge in [0.2, 0.25) is 0 Å². The van der Waals surface area contributed by atoms with Gasteiger partial charge >= 0.3 is 0 Å². The van der Waals surface area contributed by atoms with E-state index < -0.39 is 23.4 Å². The smallest absolute Gasteiger partial charge is 0.263 e. The zero-order valence-corrected chi connectivity index (χ0v) is 14.4. The topological polar surface area (TPSA) is 89.3 Å². The van der Waals surface area contributed by atoms with E-state index in [0.717, 1.165) is 12.1 Å². The number of amides is 1. The van der Waals surface area contributed by atoms with Gasteiger partial charge in [-0.2, -0.15) is 0 Å². The second-order valence-corrected chi connectivity index (χ2v) is 5.78. The lowest BCUT2D eigenvalue weighted by molar-refractivity contribution is -0.118. The monoisotopic (exact) mass is 392 g/mol. The molecule has 3 aromatic rings. The van der Waals surface area contributed by atoms with Crippen molar-refractivity contribution in [2.45, 2.75) is 13.2 Å². The number of aromatic nitrogens is 3. The number of aliphatic hydroxyl groups is 1. The lowest BCUT2D eigenvalue weighted by Crippen LogP contribution is -2.20. The van der Waals surface area contributed by atoms with Crippen molar-refractivity contribution < 1.29 is 27.8 Å². The number of rotatable bonds is 7. The molecule has 0 radical (unpaired) electrons. The number of hydrogen-bond donors (Lipinski definition) is 2. The summed E-state index contributed by atoms with van der Waals surface area (Å²) in [4.78, 5) is 19.8. The molecule has 1 aromatic carbocycles. The summed E-state index contributed by atoms with van der Waals surface area (Å²) in [7, 11) is 0. The van der Waals surface area contributed by atoms with Crippen LogP contribution < -0.4 is 10.1 Å². The summed E-state index contributed by atoms with van der Waals surface area (Å²) in [5, 5.41) is 11.4. The lowest BCUT2D eigenvalue weighted by atomic mass is 10.2. The van der Waals surface area contributed by atoms with E-state index in [1.54, 1.807) is 12.1 Å². The molecule has 2 aromatic heterocycles. The van der Waals surface area contributed by atoms with E-state index in [0.29, 0.717) is 11.4 Å². The van der Waals surface area contributed by atoms with Gasteiger partial charge in [0.1, 0.15) is 5.75 Å². The number of anilines is 1. The van der Waals surface area contributed by atoms with Gasteiger partial charge in [-0.25, -0.2) is 18.2 Å². The Morgan fingerprint density at radius 2 is 1.93 bits per heavy atom. The van der Waals surface area contributed by atoms with Crippen LogP contribution in [0.5, 0.6) is 5.75 Å². The number of nitrogens with one attached hydrogen (secondary N) is 1. The van der Waals surface area contributed by atoms with Crippen molar-refractivity contribution in [1.82, 2.24) is 14.5 Å². The molecule has 1 amide bonds. The molecule has 0 saturated heterocycles. The summed E-state index contributed by atoms with van der Waals surface area (Å²) in [5.41, 5.74) is 0.678. The summed E-state index contributed by atoms with van der Waals surface area (Å²) in [6, 6.07) is 4.92. The molecule has 146 valence electrons. The van der Waals surface area contributed by atoms with Crippen molar-refractivity contribution in [2.24, 2.45) is 0 Å². The van der Waals surface area contributed by atoms with E-state index in [1.807, 2.05) is 0 Å². The first kappa shape index (κ1) is 19.4. The van der Waals surface area contributed by atoms with Crippen LogP contribution in [0, 0.1) is 17.5 Å². The van der Waals surface area contributed by atoms with Crippen LogP contribution in [0.15, 0.2) is 43.0 Å². The number of benzene rings is 1. The third-order valence-corrected chi connectivity index (χ3v) is 3.64. The predicted molar refractivity (Wildman–Crippen MR) is 91.9 cm³/mol. The fourth-order valence-electron chi connectivity index (χ4n) is 2.34. The molecule has 0 spiro atoms. The quantitative estimate of drug-likeness (QED) is 0.602. The van der Waals surface area contributed by atoms with Crippen molar-refractivity contribution in [2.75, 3.05) is 11.9 Å². The molecule has 10 heteroatoms. The Morgan fingerprint density at radius 1 is 1.18 bits per heavy atom. The molecule has 0 fully saturated rings. The van der Waals surface area contributed by atoms with E-state index >= 15 is 0 Å². The third-order valence-electron chi connectivity index (χ3n) is 3.64. The summed E-state index contributed by atoms with van der Waals surface area (Å²) >= 11 is 0. The maximum atomic E-state index is 13.3. The van der Waals surface area contributed by atoms with Gasteiger partial charge in [0.05, 0.1) is 24.8 Å². The van der Waals surface area contributed by atoms with Gasteiger partial charge in [0, 0.05) is 12.7 Å². The van der Waals surface area contributed by atoms with Gasteiger partial charge in [0.15, 0.2) is 29.9 Å². The Balaban J connectivity index is 1.54. The van der Waals surface area contributed by atoms with E-state index in [4.69, 9.17) is 9.84 Å². The van der Waals surface area contributed by atoms with Crippen LogP contribution in [0.3, 0.4) is 0 Å². The number of imidazole rings is 1. The number of ether oxygens (including phenoxy) is 1. The summed E-state index contributed by atoms with van der Waals surface area (Å²) in [6.45, 7) is -0.446. The normalized spacial score (nSPS) is 10.7. The Bertz CT molecular complexity index is 953. The van der Waals surface area contributed by atoms with Gasteiger partial charge in [-0.1, -0.05) is 0 Å². The van der Waals surface area contributed by atoms with Crippen LogP contribution in [0.2, 0.25) is 0 Å². The molecule has 0 saturated carbocycles. The molecule has 0 aliphatic heterocycles. The minimum atomic E-state index is -1.52. The minimum absolute atomic E-state index is 0.0381. The Labute approximate surface area is 157 Å². The van der Waals surface area contributed by atoms with Crippen LogP contribution in [-0.4, -0.2) is 32.2 Å². The molecular weight excluding hydrogens is 377 g/mol. The van der Waals surface area contributed by atoms with Gasteiger partial charge in [-0.05, 0) is 29.8 Å². The zero-order valence-electron chi connectivity index (χ0n) is 14.4. The van der Waals surface area contributed by atoms with Crippen LogP contribution in [0.4, 0.5) is 19.0 Å². The fraction of sp³-hybridized carbons (Fsp3) is 0.167. The first-order valence-electron chi connectivity index (χ1n) is 8.08. The highest BCUT2D eigenvalue weighted by Crippen LogP contribution is 2.15. The van der Waals surface area contributed by atoms with E-state index in [-0.39, 0.29) is 31.1 Å². The Hall–Kier alpha value is -3.40. The van der Waals surface area contributed by atoms with Crippen molar-refractivity contribution in [3.05, 3.63) is 71.7 Å². The molecule has 3 rings (SSSR count). The maximum absolute atomic E-state index is 13.3. The van der Waals surface area contributed by atoms with Gasteiger partial charge in [-0.3, -0.25) is 9.78 Å². The highest BCUT2D eigenvalue weighted by molar-refractivity contribution is 5.90. The van der Waals surface area contributed by atoms with E-state index in [1.165, 1.54) is 23.3 Å². The van der Waals surface area contributed by atoms with Crippen LogP contribution in [0.1, 0.15) is 11.3 Å². The first-order valence-corrected chi connectivity index (χ1v) is 8.08. The number of aliphatic hydroxyl groups excluding tert-OH is 1. The van der Waals surface area contributed by atoms with Crippen molar-refractivity contribution >= 4 is 11.7 Å². The number of carbonyl (C=O) groups excluding carboxylic acids is 1. The number of halogens is 3. The average Bonchev–Trinajstić information content (AvgIpc) is 3.11. The molecule has 2 heterocycles. The first-order chi connectivity index (χ1) is 13.4. The van der Waals surface area contributed by atoms with Crippen molar-refractivity contribution in [3.63, 3.8) is 0 Å². The number of carbonyl (C=O) groups is 1. The third kappa shape index (κ3) is 4.86. The Kier molecular flexibility index (Phi) is 5.90. The zero-order chi connectivity index (χ0) is 20.1. The van der Waals surface area contributed by atoms with Crippen LogP contribution >= 0.6 is 0 Å². The maximum Gasteiger partial charge on any atom is 0.263 e. The molecule has 2 N–H and O–H groups in total. The molecular formula is C18H15F3N4O3. The molecule has 0 atom stereocenters. The fourth-order valence-corrected chi connectivity index (χ4v) is 2.34. The second kappa shape index (κ2) is 8.53. The lowest BCUT2D eigenvalue weighted by Gasteiger charge is -2.06. The second-order valence-electron chi connectivity index (χ2n) is 5.78. The Morgan fingerprint density at radius 3 is 2.57 bits per heavy atom. The van der Waals surface area contributed by atoms with Gasteiger partial charge < -0.3 is 19.7 Å². The van der Waals surface area contributed by atoms with E-state index in [9.17, 15) is 18.0 Å². The SMILES string of the molecule is O=C(COc1ccc(CO)nc1)Nc1cn(Cc2cc(F)c(F)c(F)c2)cn1. The van der Waals surface area contributed by atoms with Crippen molar-refractivity contribution in [1.29, 1.82) is 0 Å². The van der Waals surface area contributed by atoms with Crippen molar-refractivity contribution in [3.8, 4) is 5.75 Å². The van der Waals surface area contributed by atoms with Crippen LogP contribution in [0.25, 0.3) is 0 Å². The molecule has 28 heavy (non-hydrogen) atoms. The molecule has 7 nitrogen and oxygen atoms in total. The highest BCUT2D eigenvalue weighted by Gasteiger charge is 2.11. The number of nitrogens with zero attached hydrogens (tertiary/aromatic N) is 3. The standard InChI is InChI=1S/C18H15F3N4O3/c19-14-3-11(4-15(20)18(14)21)6-25-7-16(23-10-25)24-17(27)9-28-13-2-1-12(8-26)22-5-13/h1-5,7,10,26H,6,8-9H2,(H,24,27). The highest BCUT2D eigenvalue weighted by atomic mass is 19.2. The summed E-state index contributed by atoms with van der Waals surface area (Å²) < 4.78 is 46.2. The van der Waals surface area contributed by atoms with Gasteiger partial charge in [-0.15, -0.1) is 0 Å². The van der Waals surface area contributed by atoms with Gasteiger partial charge in [0.25, 0.3) is 5.91 Å². The minimum Gasteiger partial charge on any atom is -0.482 e. The number of pyridine rings is 1. The molecule has 0 unspecified atom stereocenters.